The van der Waals surface area contributed by atoms with E-state index in [-0.39, 0.29) is 0 Å². The number of rotatable bonds is 4. The molecule has 0 saturated carbocycles. The summed E-state index contributed by atoms with van der Waals surface area (Å²) >= 11 is 0. The van der Waals surface area contributed by atoms with Gasteiger partial charge in [-0.25, -0.2) is 5.48 Å². The minimum absolute atomic E-state index is 0.728. The molecule has 0 bridgehead atoms. The Morgan fingerprint density at radius 3 is 3.08 bits per heavy atom. The lowest BCUT2D eigenvalue weighted by Gasteiger charge is -2.31. The first-order chi connectivity index (χ1) is 5.86. The molecule has 0 radical (unpaired) electrons. The van der Waals surface area contributed by atoms with Crippen molar-refractivity contribution in [1.29, 1.82) is 0 Å². The van der Waals surface area contributed by atoms with Gasteiger partial charge in [-0.3, -0.25) is 0 Å². The van der Waals surface area contributed by atoms with E-state index in [0.29, 0.717) is 0 Å². The molecule has 1 heterocycles. The van der Waals surface area contributed by atoms with E-state index in [0.717, 1.165) is 12.5 Å². The molecule has 1 N–H and O–H groups in total. The Bertz CT molecular complexity index is 119. The van der Waals surface area contributed by atoms with Gasteiger partial charge in [-0.2, -0.15) is 0 Å². The number of hydrogen-bond acceptors (Lipinski definition) is 3. The van der Waals surface area contributed by atoms with Crippen LogP contribution in [0.5, 0.6) is 0 Å². The maximum atomic E-state index is 5.19. The topological polar surface area (TPSA) is 24.5 Å². The van der Waals surface area contributed by atoms with Crippen molar-refractivity contribution in [2.45, 2.75) is 19.8 Å². The van der Waals surface area contributed by atoms with E-state index >= 15 is 0 Å². The van der Waals surface area contributed by atoms with Gasteiger partial charge in [0.25, 0.3) is 0 Å². The molecule has 1 saturated heterocycles. The number of hydroxylamine groups is 1. The molecule has 0 aromatic heterocycles. The van der Waals surface area contributed by atoms with Crippen LogP contribution in [0.15, 0.2) is 0 Å². The van der Waals surface area contributed by atoms with Crippen molar-refractivity contribution in [3.8, 4) is 0 Å². The molecule has 0 aromatic rings. The molecule has 12 heavy (non-hydrogen) atoms. The van der Waals surface area contributed by atoms with Crippen molar-refractivity contribution in [1.82, 2.24) is 10.4 Å². The van der Waals surface area contributed by atoms with Crippen LogP contribution < -0.4 is 5.48 Å². The quantitative estimate of drug-likeness (QED) is 0.637. The van der Waals surface area contributed by atoms with E-state index in [9.17, 15) is 0 Å². The fourth-order valence-electron chi connectivity index (χ4n) is 1.78. The van der Waals surface area contributed by atoms with Crippen molar-refractivity contribution in [3.63, 3.8) is 0 Å². The summed E-state index contributed by atoms with van der Waals surface area (Å²) in [7, 11) is 1.82. The van der Waals surface area contributed by atoms with Gasteiger partial charge in [0.05, 0.1) is 6.61 Å². The van der Waals surface area contributed by atoms with Gasteiger partial charge in [0.2, 0.25) is 0 Å². The maximum Gasteiger partial charge on any atom is 0.0722 e. The molecule has 1 aliphatic heterocycles. The molecule has 0 spiro atoms. The van der Waals surface area contributed by atoms with Crippen molar-refractivity contribution in [2.24, 2.45) is 5.92 Å². The van der Waals surface area contributed by atoms with Crippen LogP contribution in [0, 0.1) is 5.92 Å². The van der Waals surface area contributed by atoms with Crippen molar-refractivity contribution in [2.75, 3.05) is 33.3 Å². The van der Waals surface area contributed by atoms with Crippen LogP contribution in [0.25, 0.3) is 0 Å². The zero-order valence-electron chi connectivity index (χ0n) is 8.18. The SMILES string of the molecule is CCN1CCCC(CONC)C1. The number of nitrogens with zero attached hydrogens (tertiary/aromatic N) is 1. The van der Waals surface area contributed by atoms with Gasteiger partial charge >= 0.3 is 0 Å². The maximum absolute atomic E-state index is 5.19. The zero-order valence-corrected chi connectivity index (χ0v) is 8.18. The molecule has 1 aliphatic rings. The minimum Gasteiger partial charge on any atom is -0.303 e. The zero-order chi connectivity index (χ0) is 8.81. The van der Waals surface area contributed by atoms with Gasteiger partial charge in [-0.15, -0.1) is 0 Å². The van der Waals surface area contributed by atoms with Crippen molar-refractivity contribution < 1.29 is 4.84 Å². The second-order valence-corrected chi connectivity index (χ2v) is 3.42. The van der Waals surface area contributed by atoms with E-state index in [1.807, 2.05) is 7.05 Å². The Hall–Kier alpha value is -0.120. The lowest BCUT2D eigenvalue weighted by atomic mass is 9.99. The average molecular weight is 172 g/mol. The summed E-state index contributed by atoms with van der Waals surface area (Å²) in [5.41, 5.74) is 2.73. The number of likely N-dealkylation sites (tertiary alicyclic amines) is 1. The fraction of sp³-hybridized carbons (Fsp3) is 1.00. The fourth-order valence-corrected chi connectivity index (χ4v) is 1.78. The molecular formula is C9H20N2O. The summed E-state index contributed by atoms with van der Waals surface area (Å²) in [4.78, 5) is 7.68. The first-order valence-electron chi connectivity index (χ1n) is 4.87. The molecule has 1 fully saturated rings. The first kappa shape index (κ1) is 9.96. The molecule has 3 nitrogen and oxygen atoms in total. The van der Waals surface area contributed by atoms with Crippen molar-refractivity contribution in [3.05, 3.63) is 0 Å². The number of hydrogen-bond donors (Lipinski definition) is 1. The van der Waals surface area contributed by atoms with E-state index in [2.05, 4.69) is 17.3 Å². The normalized spacial score (nSPS) is 26.0. The van der Waals surface area contributed by atoms with Crippen LogP contribution >= 0.6 is 0 Å². The largest absolute Gasteiger partial charge is 0.303 e. The Morgan fingerprint density at radius 1 is 1.58 bits per heavy atom. The highest BCUT2D eigenvalue weighted by molar-refractivity contribution is 4.71. The highest BCUT2D eigenvalue weighted by atomic mass is 16.6. The molecule has 1 unspecified atom stereocenters. The summed E-state index contributed by atoms with van der Waals surface area (Å²) < 4.78 is 0. The molecule has 1 atom stereocenters. The molecule has 0 aromatic carbocycles. The minimum atomic E-state index is 0.728. The van der Waals surface area contributed by atoms with Gasteiger partial charge < -0.3 is 9.74 Å². The second-order valence-electron chi connectivity index (χ2n) is 3.42. The Labute approximate surface area is 75.0 Å². The molecule has 0 aliphatic carbocycles. The third-order valence-electron chi connectivity index (χ3n) is 2.51. The number of nitrogens with one attached hydrogen (secondary N) is 1. The predicted molar refractivity (Wildman–Crippen MR) is 49.8 cm³/mol. The van der Waals surface area contributed by atoms with Gasteiger partial charge in [0.1, 0.15) is 0 Å². The van der Waals surface area contributed by atoms with Crippen LogP contribution in [0.2, 0.25) is 0 Å². The Morgan fingerprint density at radius 2 is 2.42 bits per heavy atom. The van der Waals surface area contributed by atoms with E-state index < -0.39 is 0 Å². The first-order valence-corrected chi connectivity index (χ1v) is 4.87. The Kier molecular flexibility index (Phi) is 4.58. The van der Waals surface area contributed by atoms with Crippen LogP contribution in [-0.2, 0) is 4.84 Å². The van der Waals surface area contributed by atoms with Crippen LogP contribution in [0.4, 0.5) is 0 Å². The van der Waals surface area contributed by atoms with Gasteiger partial charge in [0.15, 0.2) is 0 Å². The van der Waals surface area contributed by atoms with Crippen LogP contribution in [-0.4, -0.2) is 38.2 Å². The molecule has 3 heteroatoms. The standard InChI is InChI=1S/C9H20N2O/c1-3-11-6-4-5-9(7-11)8-12-10-2/h9-10H,3-8H2,1-2H3. The van der Waals surface area contributed by atoms with Crippen LogP contribution in [0.3, 0.4) is 0 Å². The summed E-state index contributed by atoms with van der Waals surface area (Å²) in [6.45, 7) is 6.73. The predicted octanol–water partition coefficient (Wildman–Crippen LogP) is 0.869. The average Bonchev–Trinajstić information content (AvgIpc) is 2.15. The van der Waals surface area contributed by atoms with Gasteiger partial charge in [0, 0.05) is 13.6 Å². The lowest BCUT2D eigenvalue weighted by molar-refractivity contribution is 0.0108. The molecule has 72 valence electrons. The monoisotopic (exact) mass is 172 g/mol. The van der Waals surface area contributed by atoms with Crippen LogP contribution in [0.1, 0.15) is 19.8 Å². The van der Waals surface area contributed by atoms with E-state index in [4.69, 9.17) is 4.84 Å². The second kappa shape index (κ2) is 5.51. The lowest BCUT2D eigenvalue weighted by Crippen LogP contribution is -2.37. The molecular weight excluding hydrogens is 152 g/mol. The third-order valence-corrected chi connectivity index (χ3v) is 2.51. The van der Waals surface area contributed by atoms with Crippen molar-refractivity contribution >= 4 is 0 Å². The van der Waals surface area contributed by atoms with E-state index in [1.54, 1.807) is 0 Å². The summed E-state index contributed by atoms with van der Waals surface area (Å²) in [5.74, 6) is 0.728. The van der Waals surface area contributed by atoms with E-state index in [1.165, 1.54) is 32.5 Å². The number of piperidine rings is 1. The molecule has 0 amide bonds. The van der Waals surface area contributed by atoms with Gasteiger partial charge in [-0.05, 0) is 31.8 Å². The Balaban J connectivity index is 2.16. The highest BCUT2D eigenvalue weighted by Gasteiger charge is 2.18. The third kappa shape index (κ3) is 3.09. The highest BCUT2D eigenvalue weighted by Crippen LogP contribution is 2.15. The summed E-state index contributed by atoms with van der Waals surface area (Å²) in [6, 6.07) is 0. The molecule has 1 rings (SSSR count). The summed E-state index contributed by atoms with van der Waals surface area (Å²) in [6.07, 6.45) is 2.64. The smallest absolute Gasteiger partial charge is 0.0722 e. The van der Waals surface area contributed by atoms with Gasteiger partial charge in [-0.1, -0.05) is 6.92 Å². The summed E-state index contributed by atoms with van der Waals surface area (Å²) in [5, 5.41) is 0.